The molecular formula is C15H23NO3. The molecule has 0 unspecified atom stereocenters. The zero-order valence-electron chi connectivity index (χ0n) is 11.9. The Morgan fingerprint density at radius 3 is 2.84 bits per heavy atom. The lowest BCUT2D eigenvalue weighted by atomic mass is 10.2. The maximum absolute atomic E-state index is 11.9. The van der Waals surface area contributed by atoms with Crippen molar-refractivity contribution in [1.29, 1.82) is 0 Å². The largest absolute Gasteiger partial charge is 0.493 e. The first-order valence-corrected chi connectivity index (χ1v) is 6.63. The van der Waals surface area contributed by atoms with Crippen LogP contribution >= 0.6 is 0 Å². The number of methoxy groups -OCH3 is 1. The molecule has 0 aromatic heterocycles. The van der Waals surface area contributed by atoms with Crippen molar-refractivity contribution in [2.24, 2.45) is 5.92 Å². The minimum Gasteiger partial charge on any atom is -0.493 e. The van der Waals surface area contributed by atoms with E-state index in [4.69, 9.17) is 9.47 Å². The summed E-state index contributed by atoms with van der Waals surface area (Å²) in [5.41, 5.74) is 0.624. The number of carbonyl (C=O) groups is 1. The second-order valence-electron chi connectivity index (χ2n) is 4.83. The van der Waals surface area contributed by atoms with E-state index in [2.05, 4.69) is 19.2 Å². The molecule has 1 amide bonds. The highest BCUT2D eigenvalue weighted by Crippen LogP contribution is 2.14. The van der Waals surface area contributed by atoms with Crippen LogP contribution in [0.5, 0.6) is 5.75 Å². The van der Waals surface area contributed by atoms with Gasteiger partial charge in [-0.15, -0.1) is 0 Å². The Bertz CT molecular complexity index is 391. The van der Waals surface area contributed by atoms with Gasteiger partial charge in [0, 0.05) is 25.8 Å². The second kappa shape index (κ2) is 8.53. The van der Waals surface area contributed by atoms with E-state index >= 15 is 0 Å². The second-order valence-corrected chi connectivity index (χ2v) is 4.83. The molecule has 1 N–H and O–H groups in total. The van der Waals surface area contributed by atoms with Crippen LogP contribution in [0.3, 0.4) is 0 Å². The zero-order valence-corrected chi connectivity index (χ0v) is 11.9. The van der Waals surface area contributed by atoms with Crippen LogP contribution in [0.15, 0.2) is 24.3 Å². The van der Waals surface area contributed by atoms with Crippen LogP contribution in [0.2, 0.25) is 0 Å². The number of nitrogens with one attached hydrogen (secondary N) is 1. The van der Waals surface area contributed by atoms with Crippen molar-refractivity contribution >= 4 is 5.91 Å². The lowest BCUT2D eigenvalue weighted by Gasteiger charge is -2.10. The molecule has 0 bridgehead atoms. The first-order valence-electron chi connectivity index (χ1n) is 6.63. The molecule has 0 aliphatic heterocycles. The molecule has 0 fully saturated rings. The van der Waals surface area contributed by atoms with Crippen molar-refractivity contribution in [1.82, 2.24) is 5.32 Å². The van der Waals surface area contributed by atoms with Gasteiger partial charge in [0.15, 0.2) is 0 Å². The van der Waals surface area contributed by atoms with Gasteiger partial charge in [-0.05, 0) is 30.5 Å². The van der Waals surface area contributed by atoms with Crippen LogP contribution < -0.4 is 10.1 Å². The fraction of sp³-hybridized carbons (Fsp3) is 0.533. The van der Waals surface area contributed by atoms with E-state index in [0.717, 1.165) is 12.2 Å². The van der Waals surface area contributed by atoms with Crippen molar-refractivity contribution in [3.8, 4) is 5.75 Å². The minimum absolute atomic E-state index is 0.0777. The monoisotopic (exact) mass is 265 g/mol. The van der Waals surface area contributed by atoms with Gasteiger partial charge in [0.2, 0.25) is 0 Å². The third-order valence-electron chi connectivity index (χ3n) is 2.49. The predicted molar refractivity (Wildman–Crippen MR) is 75.6 cm³/mol. The zero-order chi connectivity index (χ0) is 14.1. The van der Waals surface area contributed by atoms with Crippen LogP contribution in [-0.2, 0) is 4.74 Å². The van der Waals surface area contributed by atoms with E-state index in [-0.39, 0.29) is 5.91 Å². The number of hydrogen-bond acceptors (Lipinski definition) is 3. The minimum atomic E-state index is -0.0777. The highest BCUT2D eigenvalue weighted by Gasteiger charge is 2.06. The maximum atomic E-state index is 11.9. The maximum Gasteiger partial charge on any atom is 0.251 e. The molecule has 106 valence electrons. The van der Waals surface area contributed by atoms with Crippen LogP contribution in [0.4, 0.5) is 0 Å². The number of hydrogen-bond donors (Lipinski definition) is 1. The van der Waals surface area contributed by atoms with E-state index in [0.29, 0.717) is 31.2 Å². The SMILES string of the molecule is COCCCNC(=O)c1cccc(OCC(C)C)c1. The first kappa shape index (κ1) is 15.5. The summed E-state index contributed by atoms with van der Waals surface area (Å²) in [6.45, 7) is 6.10. The molecule has 1 rings (SSSR count). The number of carbonyl (C=O) groups excluding carboxylic acids is 1. The van der Waals surface area contributed by atoms with Gasteiger partial charge in [-0.1, -0.05) is 19.9 Å². The Hall–Kier alpha value is -1.55. The summed E-state index contributed by atoms with van der Waals surface area (Å²) in [6.07, 6.45) is 0.811. The van der Waals surface area contributed by atoms with Crippen LogP contribution in [0.1, 0.15) is 30.6 Å². The molecule has 4 nitrogen and oxygen atoms in total. The van der Waals surface area contributed by atoms with E-state index in [1.165, 1.54) is 0 Å². The van der Waals surface area contributed by atoms with Crippen molar-refractivity contribution in [3.05, 3.63) is 29.8 Å². The predicted octanol–water partition coefficient (Wildman–Crippen LogP) is 2.49. The van der Waals surface area contributed by atoms with E-state index in [1.807, 2.05) is 12.1 Å². The van der Waals surface area contributed by atoms with Gasteiger partial charge in [0.05, 0.1) is 6.61 Å². The Labute approximate surface area is 115 Å². The molecule has 0 heterocycles. The molecule has 4 heteroatoms. The van der Waals surface area contributed by atoms with Crippen molar-refractivity contribution in [2.75, 3.05) is 26.9 Å². The van der Waals surface area contributed by atoms with Crippen LogP contribution in [0, 0.1) is 5.92 Å². The molecule has 0 aliphatic carbocycles. The topological polar surface area (TPSA) is 47.6 Å². The van der Waals surface area contributed by atoms with E-state index in [1.54, 1.807) is 19.2 Å². The summed E-state index contributed by atoms with van der Waals surface area (Å²) in [5.74, 6) is 1.12. The first-order chi connectivity index (χ1) is 9.13. The number of benzene rings is 1. The Balaban J connectivity index is 2.48. The molecule has 1 aromatic carbocycles. The molecule has 0 atom stereocenters. The lowest BCUT2D eigenvalue weighted by molar-refractivity contribution is 0.0948. The fourth-order valence-corrected chi connectivity index (χ4v) is 1.51. The number of ether oxygens (including phenoxy) is 2. The van der Waals surface area contributed by atoms with Crippen LogP contribution in [0.25, 0.3) is 0 Å². The van der Waals surface area contributed by atoms with Gasteiger partial charge in [-0.25, -0.2) is 0 Å². The van der Waals surface area contributed by atoms with Gasteiger partial charge in [0.25, 0.3) is 5.91 Å². The highest BCUT2D eigenvalue weighted by molar-refractivity contribution is 5.94. The third kappa shape index (κ3) is 6.25. The van der Waals surface area contributed by atoms with E-state index < -0.39 is 0 Å². The van der Waals surface area contributed by atoms with Crippen LogP contribution in [-0.4, -0.2) is 32.8 Å². The summed E-state index contributed by atoms with van der Waals surface area (Å²) in [4.78, 5) is 11.9. The number of rotatable bonds is 8. The summed E-state index contributed by atoms with van der Waals surface area (Å²) in [5, 5.41) is 2.85. The molecular weight excluding hydrogens is 242 g/mol. The summed E-state index contributed by atoms with van der Waals surface area (Å²) >= 11 is 0. The summed E-state index contributed by atoms with van der Waals surface area (Å²) in [6, 6.07) is 7.26. The third-order valence-corrected chi connectivity index (χ3v) is 2.49. The van der Waals surface area contributed by atoms with Gasteiger partial charge in [-0.2, -0.15) is 0 Å². The normalized spacial score (nSPS) is 10.5. The van der Waals surface area contributed by atoms with Gasteiger partial charge < -0.3 is 14.8 Å². The highest BCUT2D eigenvalue weighted by atomic mass is 16.5. The van der Waals surface area contributed by atoms with Crippen molar-refractivity contribution in [2.45, 2.75) is 20.3 Å². The Kier molecular flexibility index (Phi) is 6.97. The molecule has 1 aromatic rings. The lowest BCUT2D eigenvalue weighted by Crippen LogP contribution is -2.25. The van der Waals surface area contributed by atoms with Gasteiger partial charge >= 0.3 is 0 Å². The average molecular weight is 265 g/mol. The Morgan fingerprint density at radius 2 is 2.16 bits per heavy atom. The van der Waals surface area contributed by atoms with E-state index in [9.17, 15) is 4.79 Å². The smallest absolute Gasteiger partial charge is 0.251 e. The quantitative estimate of drug-likeness (QED) is 0.735. The number of amides is 1. The Morgan fingerprint density at radius 1 is 1.37 bits per heavy atom. The average Bonchev–Trinajstić information content (AvgIpc) is 2.41. The molecule has 0 saturated carbocycles. The summed E-state index contributed by atoms with van der Waals surface area (Å²) < 4.78 is 10.5. The summed E-state index contributed by atoms with van der Waals surface area (Å²) in [7, 11) is 1.65. The molecule has 0 spiro atoms. The molecule has 0 aliphatic rings. The van der Waals surface area contributed by atoms with Crippen molar-refractivity contribution < 1.29 is 14.3 Å². The van der Waals surface area contributed by atoms with Crippen molar-refractivity contribution in [3.63, 3.8) is 0 Å². The molecule has 0 radical (unpaired) electrons. The molecule has 0 saturated heterocycles. The van der Waals surface area contributed by atoms with Gasteiger partial charge in [0.1, 0.15) is 5.75 Å². The van der Waals surface area contributed by atoms with Gasteiger partial charge in [-0.3, -0.25) is 4.79 Å². The standard InChI is InChI=1S/C15H23NO3/c1-12(2)11-19-14-7-4-6-13(10-14)15(17)16-8-5-9-18-3/h4,6-7,10,12H,5,8-9,11H2,1-3H3,(H,16,17). The molecule has 19 heavy (non-hydrogen) atoms. The fourth-order valence-electron chi connectivity index (χ4n) is 1.51.